The first-order valence-corrected chi connectivity index (χ1v) is 6.62. The minimum Gasteiger partial charge on any atom is -0.491 e. The maximum Gasteiger partial charge on any atom is 0.325 e. The van der Waals surface area contributed by atoms with Crippen LogP contribution in [0, 0.1) is 0 Å². The van der Waals surface area contributed by atoms with E-state index in [1.54, 1.807) is 6.92 Å². The van der Waals surface area contributed by atoms with Crippen molar-refractivity contribution in [3.63, 3.8) is 0 Å². The first-order chi connectivity index (χ1) is 9.45. The summed E-state index contributed by atoms with van der Waals surface area (Å²) < 4.78 is 15.7. The van der Waals surface area contributed by atoms with Crippen molar-refractivity contribution in [1.82, 2.24) is 0 Å². The van der Waals surface area contributed by atoms with E-state index in [0.29, 0.717) is 19.6 Å². The van der Waals surface area contributed by atoms with Crippen molar-refractivity contribution in [2.45, 2.75) is 31.9 Å². The number of para-hydroxylation sites is 1. The molecule has 112 valence electrons. The lowest BCUT2D eigenvalue weighted by Crippen LogP contribution is -2.48. The van der Waals surface area contributed by atoms with E-state index in [1.807, 2.05) is 37.3 Å². The van der Waals surface area contributed by atoms with Crippen LogP contribution in [0.4, 0.5) is 0 Å². The van der Waals surface area contributed by atoms with Crippen molar-refractivity contribution < 1.29 is 19.0 Å². The summed E-state index contributed by atoms with van der Waals surface area (Å²) in [6, 6.07) is 9.53. The highest BCUT2D eigenvalue weighted by molar-refractivity contribution is 5.79. The highest BCUT2D eigenvalue weighted by Gasteiger charge is 2.31. The van der Waals surface area contributed by atoms with Crippen LogP contribution in [0.2, 0.25) is 0 Å². The Bertz CT molecular complexity index is 406. The highest BCUT2D eigenvalue weighted by atomic mass is 16.5. The Morgan fingerprint density at radius 1 is 1.30 bits per heavy atom. The molecule has 0 saturated carbocycles. The number of esters is 1. The lowest BCUT2D eigenvalue weighted by molar-refractivity contribution is -0.147. The van der Waals surface area contributed by atoms with Crippen LogP contribution in [0.1, 0.15) is 20.3 Å². The first kappa shape index (κ1) is 16.5. The summed E-state index contributed by atoms with van der Waals surface area (Å²) in [4.78, 5) is 11.5. The van der Waals surface area contributed by atoms with E-state index in [1.165, 1.54) is 7.11 Å². The number of hydrogen-bond acceptors (Lipinski definition) is 5. The van der Waals surface area contributed by atoms with E-state index < -0.39 is 11.5 Å². The van der Waals surface area contributed by atoms with Gasteiger partial charge in [-0.15, -0.1) is 0 Å². The molecule has 2 N–H and O–H groups in total. The second-order valence-electron chi connectivity index (χ2n) is 4.96. The predicted molar refractivity (Wildman–Crippen MR) is 76.6 cm³/mol. The van der Waals surface area contributed by atoms with Gasteiger partial charge in [0, 0.05) is 6.42 Å². The lowest BCUT2D eigenvalue weighted by Gasteiger charge is -2.25. The van der Waals surface area contributed by atoms with E-state index in [2.05, 4.69) is 4.74 Å². The zero-order valence-electron chi connectivity index (χ0n) is 12.3. The first-order valence-electron chi connectivity index (χ1n) is 6.62. The minimum absolute atomic E-state index is 0.150. The summed E-state index contributed by atoms with van der Waals surface area (Å²) in [5.41, 5.74) is 4.85. The molecule has 0 amide bonds. The third-order valence-electron chi connectivity index (χ3n) is 2.86. The fourth-order valence-electron chi connectivity index (χ4n) is 1.90. The molecule has 0 spiro atoms. The topological polar surface area (TPSA) is 70.8 Å². The fraction of sp³-hybridized carbons (Fsp3) is 0.533. The average Bonchev–Trinajstić information content (AvgIpc) is 2.43. The standard InChI is InChI=1S/C15H23NO4/c1-12(11-15(2,16)14(17)18-3)19-9-10-20-13-7-5-4-6-8-13/h4-8,12H,9-11,16H2,1-3H3. The molecule has 5 heteroatoms. The molecule has 1 rings (SSSR count). The molecular formula is C15H23NO4. The van der Waals surface area contributed by atoms with Crippen LogP contribution < -0.4 is 10.5 Å². The van der Waals surface area contributed by atoms with Crippen molar-refractivity contribution in [2.24, 2.45) is 5.73 Å². The van der Waals surface area contributed by atoms with Gasteiger partial charge in [0.1, 0.15) is 17.9 Å². The monoisotopic (exact) mass is 281 g/mol. The zero-order chi connectivity index (χ0) is 15.0. The normalized spacial score (nSPS) is 15.2. The van der Waals surface area contributed by atoms with E-state index in [9.17, 15) is 4.79 Å². The minimum atomic E-state index is -1.03. The number of rotatable bonds is 8. The predicted octanol–water partition coefficient (Wildman–Crippen LogP) is 1.75. The van der Waals surface area contributed by atoms with Crippen LogP contribution in [0.25, 0.3) is 0 Å². The molecule has 0 bridgehead atoms. The summed E-state index contributed by atoms with van der Waals surface area (Å²) in [5.74, 6) is 0.371. The molecule has 0 aliphatic heterocycles. The van der Waals surface area contributed by atoms with Gasteiger partial charge in [-0.1, -0.05) is 18.2 Å². The van der Waals surface area contributed by atoms with E-state index in [4.69, 9.17) is 15.2 Å². The quantitative estimate of drug-likeness (QED) is 0.580. The van der Waals surface area contributed by atoms with Crippen LogP contribution in [-0.2, 0) is 14.3 Å². The Kier molecular flexibility index (Phi) is 6.48. The molecule has 0 radical (unpaired) electrons. The summed E-state index contributed by atoms with van der Waals surface area (Å²) in [6.07, 6.45) is 0.244. The summed E-state index contributed by atoms with van der Waals surface area (Å²) in [7, 11) is 1.33. The lowest BCUT2D eigenvalue weighted by atomic mass is 9.96. The molecule has 2 unspecified atom stereocenters. The largest absolute Gasteiger partial charge is 0.491 e. The van der Waals surface area contributed by atoms with Crippen molar-refractivity contribution in [3.8, 4) is 5.75 Å². The molecule has 0 aromatic heterocycles. The van der Waals surface area contributed by atoms with Gasteiger partial charge in [-0.05, 0) is 26.0 Å². The molecule has 5 nitrogen and oxygen atoms in total. The molecule has 1 aromatic rings. The Morgan fingerprint density at radius 2 is 1.95 bits per heavy atom. The van der Waals surface area contributed by atoms with Crippen LogP contribution in [0.5, 0.6) is 5.75 Å². The van der Waals surface area contributed by atoms with Crippen LogP contribution in [0.3, 0.4) is 0 Å². The molecule has 0 aliphatic rings. The molecule has 2 atom stereocenters. The number of methoxy groups -OCH3 is 1. The molecule has 20 heavy (non-hydrogen) atoms. The van der Waals surface area contributed by atoms with E-state index in [0.717, 1.165) is 5.75 Å². The Hall–Kier alpha value is -1.59. The summed E-state index contributed by atoms with van der Waals surface area (Å²) in [6.45, 7) is 4.40. The van der Waals surface area contributed by atoms with Gasteiger partial charge >= 0.3 is 5.97 Å². The van der Waals surface area contributed by atoms with E-state index in [-0.39, 0.29) is 6.10 Å². The molecular weight excluding hydrogens is 258 g/mol. The second-order valence-corrected chi connectivity index (χ2v) is 4.96. The Balaban J connectivity index is 2.23. The van der Waals surface area contributed by atoms with Crippen LogP contribution >= 0.6 is 0 Å². The van der Waals surface area contributed by atoms with Gasteiger partial charge in [-0.25, -0.2) is 0 Å². The van der Waals surface area contributed by atoms with Gasteiger partial charge in [0.15, 0.2) is 0 Å². The molecule has 0 fully saturated rings. The van der Waals surface area contributed by atoms with Gasteiger partial charge in [0.25, 0.3) is 0 Å². The Labute approximate surface area is 120 Å². The van der Waals surface area contributed by atoms with Crippen molar-refractivity contribution >= 4 is 5.97 Å². The molecule has 1 aromatic carbocycles. The van der Waals surface area contributed by atoms with Crippen molar-refractivity contribution in [3.05, 3.63) is 30.3 Å². The second kappa shape index (κ2) is 7.87. The van der Waals surface area contributed by atoms with Gasteiger partial charge < -0.3 is 19.9 Å². The third kappa shape index (κ3) is 5.59. The number of ether oxygens (including phenoxy) is 3. The SMILES string of the molecule is COC(=O)C(C)(N)CC(C)OCCOc1ccccc1. The fourth-order valence-corrected chi connectivity index (χ4v) is 1.90. The molecule has 0 aliphatic carbocycles. The van der Waals surface area contributed by atoms with Gasteiger partial charge in [-0.2, -0.15) is 0 Å². The van der Waals surface area contributed by atoms with Crippen LogP contribution in [-0.4, -0.2) is 37.9 Å². The van der Waals surface area contributed by atoms with E-state index >= 15 is 0 Å². The highest BCUT2D eigenvalue weighted by Crippen LogP contribution is 2.13. The number of carbonyl (C=O) groups excluding carboxylic acids is 1. The summed E-state index contributed by atoms with van der Waals surface area (Å²) >= 11 is 0. The molecule has 0 saturated heterocycles. The number of hydrogen-bond donors (Lipinski definition) is 1. The summed E-state index contributed by atoms with van der Waals surface area (Å²) in [5, 5.41) is 0. The third-order valence-corrected chi connectivity index (χ3v) is 2.86. The number of nitrogens with two attached hydrogens (primary N) is 1. The maximum atomic E-state index is 11.5. The number of benzene rings is 1. The zero-order valence-corrected chi connectivity index (χ0v) is 12.3. The average molecular weight is 281 g/mol. The number of carbonyl (C=O) groups is 1. The van der Waals surface area contributed by atoms with Gasteiger partial charge in [0.05, 0.1) is 19.8 Å². The van der Waals surface area contributed by atoms with Crippen molar-refractivity contribution in [2.75, 3.05) is 20.3 Å². The van der Waals surface area contributed by atoms with Gasteiger partial charge in [-0.3, -0.25) is 4.79 Å². The van der Waals surface area contributed by atoms with Crippen LogP contribution in [0.15, 0.2) is 30.3 Å². The Morgan fingerprint density at radius 3 is 2.55 bits per heavy atom. The smallest absolute Gasteiger partial charge is 0.325 e. The molecule has 0 heterocycles. The van der Waals surface area contributed by atoms with Gasteiger partial charge in [0.2, 0.25) is 0 Å². The maximum absolute atomic E-state index is 11.5. The van der Waals surface area contributed by atoms with Crippen molar-refractivity contribution in [1.29, 1.82) is 0 Å².